The van der Waals surface area contributed by atoms with Crippen LogP contribution in [-0.2, 0) is 13.1 Å². The first kappa shape index (κ1) is 24.0. The van der Waals surface area contributed by atoms with E-state index in [2.05, 4.69) is 52.1 Å². The van der Waals surface area contributed by atoms with Gasteiger partial charge in [-0.3, -0.25) is 4.90 Å². The van der Waals surface area contributed by atoms with Gasteiger partial charge in [-0.25, -0.2) is 4.99 Å². The number of ether oxygens (including phenoxy) is 1. The van der Waals surface area contributed by atoms with Gasteiger partial charge in [-0.1, -0.05) is 18.2 Å². The number of thiophene rings is 1. The molecule has 0 unspecified atom stereocenters. The van der Waals surface area contributed by atoms with Gasteiger partial charge in [-0.15, -0.1) is 35.3 Å². The highest BCUT2D eigenvalue weighted by molar-refractivity contribution is 14.0. The summed E-state index contributed by atoms with van der Waals surface area (Å²) in [6.07, 6.45) is 2.46. The Labute approximate surface area is 196 Å². The lowest BCUT2D eigenvalue weighted by Gasteiger charge is -2.32. The van der Waals surface area contributed by atoms with Gasteiger partial charge >= 0.3 is 0 Å². The lowest BCUT2D eigenvalue weighted by atomic mass is 9.96. The van der Waals surface area contributed by atoms with Gasteiger partial charge in [0.25, 0.3) is 0 Å². The third-order valence-corrected chi connectivity index (χ3v) is 6.01. The minimum atomic E-state index is 0. The first-order chi connectivity index (χ1) is 13.8. The molecule has 2 N–H and O–H groups in total. The summed E-state index contributed by atoms with van der Waals surface area (Å²) in [5, 5.41) is 9.00. The summed E-state index contributed by atoms with van der Waals surface area (Å²) in [6.45, 7) is 8.06. The molecule has 2 aromatic rings. The van der Waals surface area contributed by atoms with Crippen molar-refractivity contribution in [2.45, 2.75) is 32.9 Å². The molecule has 1 aliphatic heterocycles. The second-order valence-corrected chi connectivity index (χ2v) is 8.26. The molecule has 1 aliphatic rings. The Balaban J connectivity index is 0.00000300. The summed E-state index contributed by atoms with van der Waals surface area (Å²) in [6, 6.07) is 12.6. The van der Waals surface area contributed by atoms with E-state index in [1.165, 1.54) is 23.3 Å². The molecule has 0 saturated carbocycles. The smallest absolute Gasteiger partial charge is 0.191 e. The van der Waals surface area contributed by atoms with Crippen LogP contribution in [0.1, 0.15) is 30.2 Å². The van der Waals surface area contributed by atoms with E-state index in [0.717, 1.165) is 51.0 Å². The van der Waals surface area contributed by atoms with Crippen molar-refractivity contribution in [2.75, 3.05) is 33.3 Å². The molecule has 3 rings (SSSR count). The summed E-state index contributed by atoms with van der Waals surface area (Å²) in [5.74, 6) is 2.56. The van der Waals surface area contributed by atoms with Crippen LogP contribution < -0.4 is 15.4 Å². The first-order valence-electron chi connectivity index (χ1n) is 10.2. The van der Waals surface area contributed by atoms with Gasteiger partial charge in [0.05, 0.1) is 13.7 Å². The molecule has 1 saturated heterocycles. The molecule has 7 heteroatoms. The van der Waals surface area contributed by atoms with Crippen LogP contribution in [0.15, 0.2) is 46.8 Å². The Kier molecular flexibility index (Phi) is 10.8. The molecule has 1 aromatic carbocycles. The molecule has 1 fully saturated rings. The van der Waals surface area contributed by atoms with Crippen LogP contribution in [0, 0.1) is 5.92 Å². The number of halogens is 1. The van der Waals surface area contributed by atoms with E-state index < -0.39 is 0 Å². The van der Waals surface area contributed by atoms with Gasteiger partial charge in [0.15, 0.2) is 5.96 Å². The fourth-order valence-corrected chi connectivity index (χ4v) is 4.11. The number of guanidine groups is 1. The van der Waals surface area contributed by atoms with Gasteiger partial charge < -0.3 is 15.4 Å². The van der Waals surface area contributed by atoms with E-state index >= 15 is 0 Å². The zero-order chi connectivity index (χ0) is 19.6. The largest absolute Gasteiger partial charge is 0.497 e. The monoisotopic (exact) mass is 528 g/mol. The Morgan fingerprint density at radius 3 is 2.55 bits per heavy atom. The predicted molar refractivity (Wildman–Crippen MR) is 134 cm³/mol. The van der Waals surface area contributed by atoms with Crippen molar-refractivity contribution in [2.24, 2.45) is 10.9 Å². The number of hydrogen-bond acceptors (Lipinski definition) is 4. The van der Waals surface area contributed by atoms with E-state index in [1.807, 2.05) is 12.1 Å². The number of rotatable bonds is 8. The number of likely N-dealkylation sites (tertiary alicyclic amines) is 1. The number of methoxy groups -OCH3 is 1. The number of nitrogens with zero attached hydrogens (tertiary/aromatic N) is 2. The summed E-state index contributed by atoms with van der Waals surface area (Å²) in [4.78, 5) is 8.55. The number of piperidine rings is 1. The first-order valence-corrected chi connectivity index (χ1v) is 11.0. The molecule has 1 aromatic heterocycles. The minimum Gasteiger partial charge on any atom is -0.497 e. The average Bonchev–Trinajstić information content (AvgIpc) is 3.25. The lowest BCUT2D eigenvalue weighted by molar-refractivity contribution is 0.178. The molecule has 5 nitrogen and oxygen atoms in total. The highest BCUT2D eigenvalue weighted by Gasteiger charge is 2.19. The SMILES string of the molecule is CCNC(=NCc1cccs1)NCC1CCN(Cc2ccc(OC)cc2)CC1.I. The molecular formula is C22H33IN4OS. The van der Waals surface area contributed by atoms with Crippen LogP contribution in [0.2, 0.25) is 0 Å². The second-order valence-electron chi connectivity index (χ2n) is 7.22. The third-order valence-electron chi connectivity index (χ3n) is 5.15. The van der Waals surface area contributed by atoms with E-state index in [4.69, 9.17) is 9.73 Å². The fourth-order valence-electron chi connectivity index (χ4n) is 3.48. The fraction of sp³-hybridized carbons (Fsp3) is 0.500. The van der Waals surface area contributed by atoms with Gasteiger partial charge in [-0.2, -0.15) is 0 Å². The standard InChI is InChI=1S/C22H32N4OS.HI/c1-3-23-22(25-16-21-5-4-14-28-21)24-15-18-10-12-26(13-11-18)17-19-6-8-20(27-2)9-7-19;/h4-9,14,18H,3,10-13,15-17H2,1-2H3,(H2,23,24,25);1H. The van der Waals surface area contributed by atoms with Gasteiger partial charge in [-0.05, 0) is 67.9 Å². The van der Waals surface area contributed by atoms with Crippen molar-refractivity contribution in [1.29, 1.82) is 0 Å². The molecule has 0 amide bonds. The van der Waals surface area contributed by atoms with Crippen LogP contribution in [0.3, 0.4) is 0 Å². The second kappa shape index (κ2) is 13.1. The number of nitrogens with one attached hydrogen (secondary N) is 2. The summed E-state index contributed by atoms with van der Waals surface area (Å²) < 4.78 is 5.24. The molecule has 0 atom stereocenters. The highest BCUT2D eigenvalue weighted by atomic mass is 127. The van der Waals surface area contributed by atoms with Crippen molar-refractivity contribution in [3.05, 3.63) is 52.2 Å². The van der Waals surface area contributed by atoms with Crippen molar-refractivity contribution < 1.29 is 4.74 Å². The molecule has 0 radical (unpaired) electrons. The molecular weight excluding hydrogens is 495 g/mol. The van der Waals surface area contributed by atoms with E-state index in [9.17, 15) is 0 Å². The van der Waals surface area contributed by atoms with Crippen LogP contribution >= 0.6 is 35.3 Å². The predicted octanol–water partition coefficient (Wildman–Crippen LogP) is 4.34. The van der Waals surface area contributed by atoms with Crippen molar-refractivity contribution in [3.63, 3.8) is 0 Å². The lowest BCUT2D eigenvalue weighted by Crippen LogP contribution is -2.42. The molecule has 2 heterocycles. The zero-order valence-electron chi connectivity index (χ0n) is 17.4. The maximum absolute atomic E-state index is 5.24. The van der Waals surface area contributed by atoms with Gasteiger partial charge in [0.2, 0.25) is 0 Å². The van der Waals surface area contributed by atoms with Gasteiger partial charge in [0, 0.05) is 24.5 Å². The maximum Gasteiger partial charge on any atom is 0.191 e. The minimum absolute atomic E-state index is 0. The van der Waals surface area contributed by atoms with Crippen LogP contribution in [-0.4, -0.2) is 44.1 Å². The van der Waals surface area contributed by atoms with E-state index in [-0.39, 0.29) is 24.0 Å². The summed E-state index contributed by atoms with van der Waals surface area (Å²) in [5.41, 5.74) is 1.35. The molecule has 0 spiro atoms. The van der Waals surface area contributed by atoms with Crippen LogP contribution in [0.4, 0.5) is 0 Å². The Hall–Kier alpha value is -1.32. The van der Waals surface area contributed by atoms with Crippen LogP contribution in [0.25, 0.3) is 0 Å². The zero-order valence-corrected chi connectivity index (χ0v) is 20.5. The summed E-state index contributed by atoms with van der Waals surface area (Å²) in [7, 11) is 1.71. The Morgan fingerprint density at radius 1 is 1.17 bits per heavy atom. The van der Waals surface area contributed by atoms with E-state index in [1.54, 1.807) is 18.4 Å². The Morgan fingerprint density at radius 2 is 1.93 bits per heavy atom. The normalized spacial score (nSPS) is 15.6. The average molecular weight is 529 g/mol. The van der Waals surface area contributed by atoms with Crippen molar-refractivity contribution >= 4 is 41.3 Å². The summed E-state index contributed by atoms with van der Waals surface area (Å²) >= 11 is 1.76. The Bertz CT molecular complexity index is 713. The quantitative estimate of drug-likeness (QED) is 0.304. The number of aliphatic imine (C=N–C) groups is 1. The van der Waals surface area contributed by atoms with Gasteiger partial charge in [0.1, 0.15) is 5.75 Å². The topological polar surface area (TPSA) is 48.9 Å². The molecule has 160 valence electrons. The third kappa shape index (κ3) is 8.14. The van der Waals surface area contributed by atoms with E-state index in [0.29, 0.717) is 5.92 Å². The molecule has 0 bridgehead atoms. The van der Waals surface area contributed by atoms with Crippen molar-refractivity contribution in [3.8, 4) is 5.75 Å². The maximum atomic E-state index is 5.24. The van der Waals surface area contributed by atoms with Crippen LogP contribution in [0.5, 0.6) is 5.75 Å². The highest BCUT2D eigenvalue weighted by Crippen LogP contribution is 2.19. The molecule has 0 aliphatic carbocycles. The molecule has 29 heavy (non-hydrogen) atoms. The van der Waals surface area contributed by atoms with Crippen molar-refractivity contribution in [1.82, 2.24) is 15.5 Å². The number of hydrogen-bond donors (Lipinski definition) is 2. The number of benzene rings is 1.